The quantitative estimate of drug-likeness (QED) is 0.674. The molecule has 1 heterocycles. The molecule has 0 N–H and O–H groups in total. The van der Waals surface area contributed by atoms with Crippen LogP contribution in [0.5, 0.6) is 0 Å². The Balaban J connectivity index is 2.49. The highest BCUT2D eigenvalue weighted by molar-refractivity contribution is 7.10. The fourth-order valence-corrected chi connectivity index (χ4v) is 1.79. The van der Waals surface area contributed by atoms with Crippen LogP contribution in [0.25, 0.3) is 0 Å². The summed E-state index contributed by atoms with van der Waals surface area (Å²) in [5.41, 5.74) is 0. The van der Waals surface area contributed by atoms with E-state index in [9.17, 15) is 4.79 Å². The summed E-state index contributed by atoms with van der Waals surface area (Å²) in [5.74, 6) is 0.133. The molecule has 2 nitrogen and oxygen atoms in total. The van der Waals surface area contributed by atoms with Crippen LogP contribution in [-0.2, 0) is 9.53 Å². The number of ether oxygens (including phenoxy) is 1. The van der Waals surface area contributed by atoms with Crippen molar-refractivity contribution in [3.8, 4) is 0 Å². The number of hydrogen-bond acceptors (Lipinski definition) is 3. The second-order valence-electron chi connectivity index (χ2n) is 2.70. The smallest absolute Gasteiger partial charge is 0.306 e. The molecule has 0 unspecified atom stereocenters. The van der Waals surface area contributed by atoms with Crippen molar-refractivity contribution < 1.29 is 9.53 Å². The summed E-state index contributed by atoms with van der Waals surface area (Å²) in [6, 6.07) is 4.03. The highest BCUT2D eigenvalue weighted by Gasteiger charge is 2.11. The number of methoxy groups -OCH3 is 1. The minimum atomic E-state index is -0.143. The second-order valence-corrected chi connectivity index (χ2v) is 3.68. The van der Waals surface area contributed by atoms with E-state index in [4.69, 9.17) is 0 Å². The summed E-state index contributed by atoms with van der Waals surface area (Å²) in [6.45, 7) is 2.03. The molecule has 0 saturated carbocycles. The first-order valence-electron chi connectivity index (χ1n) is 3.84. The van der Waals surface area contributed by atoms with E-state index in [1.165, 1.54) is 12.0 Å². The van der Waals surface area contributed by atoms with Crippen LogP contribution < -0.4 is 0 Å². The Morgan fingerprint density at radius 2 is 2.50 bits per heavy atom. The van der Waals surface area contributed by atoms with Gasteiger partial charge in [0.2, 0.25) is 0 Å². The van der Waals surface area contributed by atoms with Crippen molar-refractivity contribution in [2.24, 2.45) is 0 Å². The van der Waals surface area contributed by atoms with Crippen molar-refractivity contribution in [3.05, 3.63) is 22.4 Å². The summed E-state index contributed by atoms with van der Waals surface area (Å²) in [7, 11) is 1.42. The highest BCUT2D eigenvalue weighted by Crippen LogP contribution is 2.23. The zero-order valence-electron chi connectivity index (χ0n) is 7.24. The fraction of sp³-hybridized carbons (Fsp3) is 0.444. The van der Waals surface area contributed by atoms with Crippen LogP contribution in [0.2, 0.25) is 0 Å². The van der Waals surface area contributed by atoms with Crippen molar-refractivity contribution in [1.82, 2.24) is 0 Å². The van der Waals surface area contributed by atoms with Gasteiger partial charge in [0, 0.05) is 10.8 Å². The molecule has 0 bridgehead atoms. The van der Waals surface area contributed by atoms with Gasteiger partial charge in [-0.2, -0.15) is 0 Å². The van der Waals surface area contributed by atoms with Crippen LogP contribution in [0, 0.1) is 0 Å². The van der Waals surface area contributed by atoms with Crippen molar-refractivity contribution in [3.63, 3.8) is 0 Å². The molecule has 0 radical (unpaired) electrons. The SMILES string of the molecule is COC(=O)C[C@@H](C)c1cccs1. The zero-order chi connectivity index (χ0) is 8.97. The Kier molecular flexibility index (Phi) is 3.29. The first-order valence-corrected chi connectivity index (χ1v) is 4.72. The standard InChI is InChI=1S/C9H12O2S/c1-7(6-9(10)11-2)8-4-3-5-12-8/h3-5,7H,6H2,1-2H3/t7-/m1/s1. The first kappa shape index (κ1) is 9.26. The molecule has 0 spiro atoms. The molecule has 1 atom stereocenters. The average molecular weight is 184 g/mol. The lowest BCUT2D eigenvalue weighted by Gasteiger charge is -2.06. The summed E-state index contributed by atoms with van der Waals surface area (Å²) in [5, 5.41) is 2.02. The maximum absolute atomic E-state index is 10.9. The molecule has 0 aliphatic rings. The Hall–Kier alpha value is -0.830. The third kappa shape index (κ3) is 2.34. The third-order valence-corrected chi connectivity index (χ3v) is 2.83. The predicted molar refractivity (Wildman–Crippen MR) is 49.4 cm³/mol. The number of carbonyl (C=O) groups excluding carboxylic acids is 1. The van der Waals surface area contributed by atoms with Crippen molar-refractivity contribution in [2.45, 2.75) is 19.3 Å². The van der Waals surface area contributed by atoms with E-state index >= 15 is 0 Å². The molecular formula is C9H12O2S. The first-order chi connectivity index (χ1) is 5.74. The lowest BCUT2D eigenvalue weighted by molar-refractivity contribution is -0.140. The maximum Gasteiger partial charge on any atom is 0.306 e. The van der Waals surface area contributed by atoms with E-state index in [2.05, 4.69) is 4.74 Å². The molecular weight excluding hydrogens is 172 g/mol. The van der Waals surface area contributed by atoms with E-state index in [0.29, 0.717) is 6.42 Å². The maximum atomic E-state index is 10.9. The largest absolute Gasteiger partial charge is 0.469 e. The van der Waals surface area contributed by atoms with E-state index in [0.717, 1.165) is 0 Å². The molecule has 0 amide bonds. The zero-order valence-corrected chi connectivity index (χ0v) is 8.06. The molecule has 1 rings (SSSR count). The van der Waals surface area contributed by atoms with E-state index in [1.807, 2.05) is 24.4 Å². The number of carbonyl (C=O) groups is 1. The normalized spacial score (nSPS) is 12.5. The summed E-state index contributed by atoms with van der Waals surface area (Å²) in [4.78, 5) is 12.1. The summed E-state index contributed by atoms with van der Waals surface area (Å²) < 4.78 is 4.58. The van der Waals surface area contributed by atoms with Gasteiger partial charge in [-0.1, -0.05) is 13.0 Å². The molecule has 0 saturated heterocycles. The van der Waals surface area contributed by atoms with Crippen LogP contribution in [0.15, 0.2) is 17.5 Å². The number of hydrogen-bond donors (Lipinski definition) is 0. The van der Waals surface area contributed by atoms with Gasteiger partial charge in [0.05, 0.1) is 13.5 Å². The molecule has 0 aromatic carbocycles. The van der Waals surface area contributed by atoms with Crippen LogP contribution in [0.3, 0.4) is 0 Å². The minimum absolute atomic E-state index is 0.143. The Bertz CT molecular complexity index is 241. The average Bonchev–Trinajstić information content (AvgIpc) is 2.56. The van der Waals surface area contributed by atoms with Gasteiger partial charge in [0.15, 0.2) is 0 Å². The Labute approximate surface area is 76.2 Å². The lowest BCUT2D eigenvalue weighted by Crippen LogP contribution is -2.04. The molecule has 12 heavy (non-hydrogen) atoms. The highest BCUT2D eigenvalue weighted by atomic mass is 32.1. The molecule has 0 aliphatic carbocycles. The number of thiophene rings is 1. The van der Waals surface area contributed by atoms with Gasteiger partial charge in [0.25, 0.3) is 0 Å². The fourth-order valence-electron chi connectivity index (χ4n) is 1.01. The topological polar surface area (TPSA) is 26.3 Å². The van der Waals surface area contributed by atoms with Crippen molar-refractivity contribution in [1.29, 1.82) is 0 Å². The Morgan fingerprint density at radius 1 is 1.75 bits per heavy atom. The van der Waals surface area contributed by atoms with Crippen molar-refractivity contribution >= 4 is 17.3 Å². The van der Waals surface area contributed by atoms with Crippen LogP contribution in [-0.4, -0.2) is 13.1 Å². The van der Waals surface area contributed by atoms with Gasteiger partial charge in [-0.05, 0) is 11.4 Å². The van der Waals surface area contributed by atoms with Gasteiger partial charge in [0.1, 0.15) is 0 Å². The summed E-state index contributed by atoms with van der Waals surface area (Å²) in [6.07, 6.45) is 0.469. The monoisotopic (exact) mass is 184 g/mol. The van der Waals surface area contributed by atoms with Crippen LogP contribution in [0.1, 0.15) is 24.1 Å². The lowest BCUT2D eigenvalue weighted by atomic mass is 10.1. The number of rotatable bonds is 3. The van der Waals surface area contributed by atoms with Crippen molar-refractivity contribution in [2.75, 3.05) is 7.11 Å². The van der Waals surface area contributed by atoms with Crippen LogP contribution in [0.4, 0.5) is 0 Å². The molecule has 1 aromatic heterocycles. The third-order valence-electron chi connectivity index (χ3n) is 1.73. The predicted octanol–water partition coefficient (Wildman–Crippen LogP) is 2.41. The minimum Gasteiger partial charge on any atom is -0.469 e. The van der Waals surface area contributed by atoms with Gasteiger partial charge in [-0.15, -0.1) is 11.3 Å². The molecule has 1 aromatic rings. The van der Waals surface area contributed by atoms with Gasteiger partial charge < -0.3 is 4.74 Å². The molecule has 66 valence electrons. The van der Waals surface area contributed by atoms with Gasteiger partial charge >= 0.3 is 5.97 Å². The van der Waals surface area contributed by atoms with E-state index < -0.39 is 0 Å². The Morgan fingerprint density at radius 3 is 3.00 bits per heavy atom. The van der Waals surface area contributed by atoms with Crippen LogP contribution >= 0.6 is 11.3 Å². The molecule has 0 fully saturated rings. The number of esters is 1. The van der Waals surface area contributed by atoms with Gasteiger partial charge in [-0.3, -0.25) is 4.79 Å². The summed E-state index contributed by atoms with van der Waals surface area (Å²) >= 11 is 1.68. The molecule has 0 aliphatic heterocycles. The van der Waals surface area contributed by atoms with Gasteiger partial charge in [-0.25, -0.2) is 0 Å². The second kappa shape index (κ2) is 4.26. The molecule has 3 heteroatoms. The van der Waals surface area contributed by atoms with E-state index in [1.54, 1.807) is 11.3 Å². The van der Waals surface area contributed by atoms with E-state index in [-0.39, 0.29) is 11.9 Å².